The number of fused-ring (bicyclic) bond motifs is 2. The fourth-order valence-corrected chi connectivity index (χ4v) is 6.26. The summed E-state index contributed by atoms with van der Waals surface area (Å²) in [5, 5.41) is 8.77. The Morgan fingerprint density at radius 3 is 2.55 bits per heavy atom. The number of anilines is 3. The molecule has 5 rings (SSSR count). The van der Waals surface area contributed by atoms with Gasteiger partial charge in [-0.05, 0) is 53.4 Å². The van der Waals surface area contributed by atoms with Crippen LogP contribution in [-0.2, 0) is 27.9 Å². The van der Waals surface area contributed by atoms with Crippen LogP contribution >= 0.6 is 11.3 Å². The maximum absolute atomic E-state index is 13.1. The molecular formula is C24H20N4O3S2. The van der Waals surface area contributed by atoms with E-state index in [1.807, 2.05) is 36.4 Å². The summed E-state index contributed by atoms with van der Waals surface area (Å²) in [6.45, 7) is 4.00. The SMILES string of the molecule is C=CC(=O)Nc1cc2c(s1)CN(S(=O)(=O)c1ccc(Nc3cc4ccccc4cn3)cc1)C2. The Bertz CT molecular complexity index is 1450. The Hall–Kier alpha value is -3.53. The van der Waals surface area contributed by atoms with Gasteiger partial charge in [0.05, 0.1) is 9.90 Å². The molecule has 0 saturated heterocycles. The smallest absolute Gasteiger partial charge is 0.248 e. The lowest BCUT2D eigenvalue weighted by Gasteiger charge is -2.16. The van der Waals surface area contributed by atoms with Gasteiger partial charge in [0.15, 0.2) is 0 Å². The van der Waals surface area contributed by atoms with Crippen LogP contribution < -0.4 is 10.6 Å². The molecule has 166 valence electrons. The lowest BCUT2D eigenvalue weighted by atomic mass is 10.2. The summed E-state index contributed by atoms with van der Waals surface area (Å²) >= 11 is 1.38. The van der Waals surface area contributed by atoms with Crippen molar-refractivity contribution in [3.05, 3.63) is 90.0 Å². The molecule has 0 aliphatic carbocycles. The van der Waals surface area contributed by atoms with Gasteiger partial charge in [-0.15, -0.1) is 11.3 Å². The number of amides is 1. The molecule has 33 heavy (non-hydrogen) atoms. The van der Waals surface area contributed by atoms with Crippen LogP contribution in [0.1, 0.15) is 10.4 Å². The highest BCUT2D eigenvalue weighted by Gasteiger charge is 2.32. The van der Waals surface area contributed by atoms with Crippen LogP contribution in [0, 0.1) is 0 Å². The summed E-state index contributed by atoms with van der Waals surface area (Å²) in [4.78, 5) is 17.1. The Kier molecular flexibility index (Phi) is 5.45. The number of hydrogen-bond acceptors (Lipinski definition) is 6. The van der Waals surface area contributed by atoms with Crippen LogP contribution in [0.2, 0.25) is 0 Å². The molecule has 0 spiro atoms. The van der Waals surface area contributed by atoms with E-state index in [0.717, 1.165) is 26.9 Å². The van der Waals surface area contributed by atoms with E-state index in [1.54, 1.807) is 30.5 Å². The number of thiophene rings is 1. The van der Waals surface area contributed by atoms with E-state index < -0.39 is 10.0 Å². The third-order valence-electron chi connectivity index (χ3n) is 5.39. The molecule has 0 atom stereocenters. The summed E-state index contributed by atoms with van der Waals surface area (Å²) in [6.07, 6.45) is 3.01. The van der Waals surface area contributed by atoms with E-state index in [1.165, 1.54) is 21.7 Å². The van der Waals surface area contributed by atoms with Crippen molar-refractivity contribution < 1.29 is 13.2 Å². The summed E-state index contributed by atoms with van der Waals surface area (Å²) in [7, 11) is -3.64. The number of pyridine rings is 1. The number of hydrogen-bond donors (Lipinski definition) is 2. The average Bonchev–Trinajstić information content (AvgIpc) is 3.38. The number of carbonyl (C=O) groups is 1. The zero-order valence-corrected chi connectivity index (χ0v) is 19.1. The fraction of sp³-hybridized carbons (Fsp3) is 0.0833. The highest BCUT2D eigenvalue weighted by molar-refractivity contribution is 7.89. The van der Waals surface area contributed by atoms with Gasteiger partial charge in [-0.2, -0.15) is 4.31 Å². The Morgan fingerprint density at radius 1 is 1.06 bits per heavy atom. The second-order valence-electron chi connectivity index (χ2n) is 7.59. The number of rotatable bonds is 6. The summed E-state index contributed by atoms with van der Waals surface area (Å²) in [6, 6.07) is 18.4. The molecule has 7 nitrogen and oxygen atoms in total. The molecule has 1 aliphatic heterocycles. The van der Waals surface area contributed by atoms with E-state index in [9.17, 15) is 13.2 Å². The number of aromatic nitrogens is 1. The average molecular weight is 477 g/mol. The second kappa shape index (κ2) is 8.43. The van der Waals surface area contributed by atoms with E-state index in [2.05, 4.69) is 22.2 Å². The first-order valence-electron chi connectivity index (χ1n) is 10.2. The zero-order chi connectivity index (χ0) is 23.0. The molecule has 3 heterocycles. The summed E-state index contributed by atoms with van der Waals surface area (Å²) in [5.41, 5.74) is 1.66. The molecule has 9 heteroatoms. The predicted octanol–water partition coefficient (Wildman–Crippen LogP) is 4.87. The van der Waals surface area contributed by atoms with Crippen molar-refractivity contribution in [1.82, 2.24) is 9.29 Å². The van der Waals surface area contributed by atoms with Crippen LogP contribution in [0.3, 0.4) is 0 Å². The van der Waals surface area contributed by atoms with Crippen molar-refractivity contribution in [3.8, 4) is 0 Å². The lowest BCUT2D eigenvalue weighted by molar-refractivity contribution is -0.111. The molecule has 4 aromatic rings. The van der Waals surface area contributed by atoms with Gasteiger partial charge in [0.2, 0.25) is 15.9 Å². The largest absolute Gasteiger partial charge is 0.340 e. The van der Waals surface area contributed by atoms with Gasteiger partial charge in [-0.1, -0.05) is 30.8 Å². The quantitative estimate of drug-likeness (QED) is 0.388. The predicted molar refractivity (Wildman–Crippen MR) is 131 cm³/mol. The first kappa shape index (κ1) is 21.3. The van der Waals surface area contributed by atoms with Gasteiger partial charge in [-0.25, -0.2) is 13.4 Å². The maximum Gasteiger partial charge on any atom is 0.248 e. The topological polar surface area (TPSA) is 91.4 Å². The second-order valence-corrected chi connectivity index (χ2v) is 10.7. The van der Waals surface area contributed by atoms with Crippen LogP contribution in [0.15, 0.2) is 84.4 Å². The van der Waals surface area contributed by atoms with Gasteiger partial charge in [0, 0.05) is 35.2 Å². The van der Waals surface area contributed by atoms with Crippen molar-refractivity contribution in [2.75, 3.05) is 10.6 Å². The van der Waals surface area contributed by atoms with Gasteiger partial charge in [0.25, 0.3) is 0 Å². The van der Waals surface area contributed by atoms with E-state index in [-0.39, 0.29) is 23.9 Å². The summed E-state index contributed by atoms with van der Waals surface area (Å²) < 4.78 is 27.7. The van der Waals surface area contributed by atoms with E-state index in [4.69, 9.17) is 0 Å². The molecule has 2 aromatic carbocycles. The van der Waals surface area contributed by atoms with Crippen LogP contribution in [0.4, 0.5) is 16.5 Å². The molecule has 0 radical (unpaired) electrons. The normalized spacial score (nSPS) is 13.6. The van der Waals surface area contributed by atoms with Gasteiger partial charge in [-0.3, -0.25) is 4.79 Å². The van der Waals surface area contributed by atoms with Gasteiger partial charge >= 0.3 is 0 Å². The van der Waals surface area contributed by atoms with Gasteiger partial charge < -0.3 is 10.6 Å². The van der Waals surface area contributed by atoms with Crippen LogP contribution in [0.25, 0.3) is 10.8 Å². The van der Waals surface area contributed by atoms with Crippen molar-refractivity contribution in [3.63, 3.8) is 0 Å². The Morgan fingerprint density at radius 2 is 1.82 bits per heavy atom. The van der Waals surface area contributed by atoms with Crippen molar-refractivity contribution in [1.29, 1.82) is 0 Å². The number of benzene rings is 2. The van der Waals surface area contributed by atoms with Crippen LogP contribution in [-0.4, -0.2) is 23.6 Å². The monoisotopic (exact) mass is 476 g/mol. The fourth-order valence-electron chi connectivity index (χ4n) is 3.70. The molecule has 1 amide bonds. The number of nitrogens with one attached hydrogen (secondary N) is 2. The van der Waals surface area contributed by atoms with Crippen molar-refractivity contribution in [2.24, 2.45) is 0 Å². The number of nitrogens with zero attached hydrogens (tertiary/aromatic N) is 2. The molecule has 1 aliphatic rings. The minimum Gasteiger partial charge on any atom is -0.340 e. The molecule has 0 saturated carbocycles. The molecule has 0 bridgehead atoms. The summed E-state index contributed by atoms with van der Waals surface area (Å²) in [5.74, 6) is 0.402. The minimum absolute atomic E-state index is 0.231. The zero-order valence-electron chi connectivity index (χ0n) is 17.5. The molecule has 0 unspecified atom stereocenters. The van der Waals surface area contributed by atoms with Gasteiger partial charge in [0.1, 0.15) is 5.82 Å². The molecule has 2 aromatic heterocycles. The van der Waals surface area contributed by atoms with Crippen LogP contribution in [0.5, 0.6) is 0 Å². The first-order chi connectivity index (χ1) is 15.9. The highest BCUT2D eigenvalue weighted by atomic mass is 32.2. The lowest BCUT2D eigenvalue weighted by Crippen LogP contribution is -2.25. The molecule has 0 fully saturated rings. The standard InChI is InChI=1S/C24H20N4O3S2/c1-2-23(29)27-24-12-18-14-28(15-21(18)32-24)33(30,31)20-9-7-19(8-10-20)26-22-11-16-5-3-4-6-17(16)13-25-22/h2-13H,1,14-15H2,(H,25,26)(H,27,29). The first-order valence-corrected chi connectivity index (χ1v) is 12.4. The molecular weight excluding hydrogens is 456 g/mol. The third-order valence-corrected chi connectivity index (χ3v) is 8.27. The van der Waals surface area contributed by atoms with E-state index in [0.29, 0.717) is 10.8 Å². The third kappa shape index (κ3) is 4.25. The Labute approximate surface area is 195 Å². The number of carbonyl (C=O) groups excluding carboxylic acids is 1. The Balaban J connectivity index is 1.29. The highest BCUT2D eigenvalue weighted by Crippen LogP contribution is 2.37. The maximum atomic E-state index is 13.1. The van der Waals surface area contributed by atoms with Crippen molar-refractivity contribution >= 4 is 54.5 Å². The van der Waals surface area contributed by atoms with E-state index >= 15 is 0 Å². The number of sulfonamides is 1. The molecule has 2 N–H and O–H groups in total. The minimum atomic E-state index is -3.64. The van der Waals surface area contributed by atoms with Crippen molar-refractivity contribution in [2.45, 2.75) is 18.0 Å².